The molecule has 5 heteroatoms. The first-order chi connectivity index (χ1) is 8.79. The predicted octanol–water partition coefficient (Wildman–Crippen LogP) is 2.70. The quantitative estimate of drug-likeness (QED) is 0.844. The molecule has 1 aromatic heterocycles. The first-order valence-electron chi connectivity index (χ1n) is 6.87. The van der Waals surface area contributed by atoms with Gasteiger partial charge in [-0.2, -0.15) is 4.37 Å². The Morgan fingerprint density at radius 1 is 1.39 bits per heavy atom. The van der Waals surface area contributed by atoms with Crippen molar-refractivity contribution in [3.63, 3.8) is 0 Å². The summed E-state index contributed by atoms with van der Waals surface area (Å²) in [5, 5.41) is 1.10. The lowest BCUT2D eigenvalue weighted by molar-refractivity contribution is 0.179. The van der Waals surface area contributed by atoms with E-state index in [2.05, 4.69) is 21.2 Å². The fraction of sp³-hybridized carbons (Fsp3) is 0.846. The molecule has 1 saturated carbocycles. The van der Waals surface area contributed by atoms with Crippen molar-refractivity contribution in [2.45, 2.75) is 45.3 Å². The van der Waals surface area contributed by atoms with Gasteiger partial charge in [-0.05, 0) is 24.7 Å². The van der Waals surface area contributed by atoms with Crippen LogP contribution in [-0.4, -0.2) is 29.1 Å². The summed E-state index contributed by atoms with van der Waals surface area (Å²) >= 11 is 1.53. The van der Waals surface area contributed by atoms with Crippen molar-refractivity contribution in [1.82, 2.24) is 9.36 Å². The summed E-state index contributed by atoms with van der Waals surface area (Å²) in [7, 11) is 1.69. The van der Waals surface area contributed by atoms with Crippen LogP contribution in [-0.2, 0) is 11.3 Å². The Hall–Kier alpha value is -0.680. The molecule has 0 radical (unpaired) electrons. The fourth-order valence-electron chi connectivity index (χ4n) is 3.54. The number of ether oxygens (including phenoxy) is 1. The molecular formula is C13H21N3OS. The van der Waals surface area contributed by atoms with Crippen LogP contribution in [0.1, 0.15) is 38.4 Å². The van der Waals surface area contributed by atoms with E-state index in [1.807, 2.05) is 0 Å². The van der Waals surface area contributed by atoms with E-state index in [0.717, 1.165) is 29.3 Å². The van der Waals surface area contributed by atoms with Crippen LogP contribution in [0.4, 0.5) is 5.13 Å². The van der Waals surface area contributed by atoms with Crippen LogP contribution in [0.5, 0.6) is 0 Å². The summed E-state index contributed by atoms with van der Waals surface area (Å²) in [6.45, 7) is 4.06. The standard InChI is InChI=1S/C13H21N3OS/c1-9-7-16(11-6-4-3-5-10(9)11)13-14-12(8-17-2)15-18-13/h9-11H,3-8H2,1-2H3. The van der Waals surface area contributed by atoms with E-state index in [1.165, 1.54) is 37.2 Å². The van der Waals surface area contributed by atoms with E-state index in [1.54, 1.807) is 7.11 Å². The SMILES string of the molecule is COCc1nsc(N2CC(C)C3CCCCC32)n1. The molecule has 1 aliphatic heterocycles. The molecule has 3 atom stereocenters. The highest BCUT2D eigenvalue weighted by Crippen LogP contribution is 2.42. The third-order valence-corrected chi connectivity index (χ3v) is 5.17. The maximum atomic E-state index is 5.09. The van der Waals surface area contributed by atoms with Crippen molar-refractivity contribution >= 4 is 16.7 Å². The highest BCUT2D eigenvalue weighted by molar-refractivity contribution is 7.09. The normalized spacial score (nSPS) is 31.7. The van der Waals surface area contributed by atoms with Crippen LogP contribution >= 0.6 is 11.5 Å². The largest absolute Gasteiger partial charge is 0.377 e. The van der Waals surface area contributed by atoms with Gasteiger partial charge in [-0.3, -0.25) is 0 Å². The first kappa shape index (κ1) is 12.4. The topological polar surface area (TPSA) is 38.2 Å². The van der Waals surface area contributed by atoms with Gasteiger partial charge in [0.25, 0.3) is 0 Å². The van der Waals surface area contributed by atoms with E-state index >= 15 is 0 Å². The van der Waals surface area contributed by atoms with Crippen molar-refractivity contribution in [2.24, 2.45) is 11.8 Å². The van der Waals surface area contributed by atoms with E-state index in [4.69, 9.17) is 4.74 Å². The van der Waals surface area contributed by atoms with Crippen LogP contribution in [0.2, 0.25) is 0 Å². The lowest BCUT2D eigenvalue weighted by atomic mass is 9.80. The maximum Gasteiger partial charge on any atom is 0.205 e. The highest BCUT2D eigenvalue weighted by Gasteiger charge is 2.41. The minimum Gasteiger partial charge on any atom is -0.377 e. The smallest absolute Gasteiger partial charge is 0.205 e. The second-order valence-electron chi connectivity index (χ2n) is 5.57. The van der Waals surface area contributed by atoms with Gasteiger partial charge in [0.05, 0.1) is 0 Å². The van der Waals surface area contributed by atoms with Crippen LogP contribution in [0.15, 0.2) is 0 Å². The molecule has 0 bridgehead atoms. The Labute approximate surface area is 113 Å². The zero-order valence-electron chi connectivity index (χ0n) is 11.1. The van der Waals surface area contributed by atoms with Crippen molar-refractivity contribution in [3.8, 4) is 0 Å². The van der Waals surface area contributed by atoms with Gasteiger partial charge >= 0.3 is 0 Å². The van der Waals surface area contributed by atoms with Crippen LogP contribution in [0.25, 0.3) is 0 Å². The minimum atomic E-state index is 0.522. The third kappa shape index (κ3) is 2.14. The van der Waals surface area contributed by atoms with Crippen LogP contribution in [0.3, 0.4) is 0 Å². The van der Waals surface area contributed by atoms with Crippen LogP contribution in [0, 0.1) is 11.8 Å². The highest BCUT2D eigenvalue weighted by atomic mass is 32.1. The number of hydrogen-bond acceptors (Lipinski definition) is 5. The Balaban J connectivity index is 1.78. The molecule has 100 valence electrons. The van der Waals surface area contributed by atoms with Crippen molar-refractivity contribution in [1.29, 1.82) is 0 Å². The van der Waals surface area contributed by atoms with Gasteiger partial charge in [0, 0.05) is 31.2 Å². The molecule has 18 heavy (non-hydrogen) atoms. The lowest BCUT2D eigenvalue weighted by Crippen LogP contribution is -2.34. The molecule has 4 nitrogen and oxygen atoms in total. The zero-order chi connectivity index (χ0) is 12.5. The monoisotopic (exact) mass is 267 g/mol. The molecule has 2 fully saturated rings. The lowest BCUT2D eigenvalue weighted by Gasteiger charge is -2.31. The zero-order valence-corrected chi connectivity index (χ0v) is 11.9. The van der Waals surface area contributed by atoms with E-state index in [0.29, 0.717) is 12.6 Å². The summed E-state index contributed by atoms with van der Waals surface area (Å²) in [5.74, 6) is 2.49. The molecule has 2 aliphatic rings. The minimum absolute atomic E-state index is 0.522. The van der Waals surface area contributed by atoms with Crippen LogP contribution < -0.4 is 4.90 Å². The Morgan fingerprint density at radius 2 is 2.22 bits per heavy atom. The molecule has 1 aromatic rings. The summed E-state index contributed by atoms with van der Waals surface area (Å²) < 4.78 is 9.47. The number of nitrogens with zero attached hydrogens (tertiary/aromatic N) is 3. The van der Waals surface area contributed by atoms with Gasteiger partial charge in [0.15, 0.2) is 5.82 Å². The first-order valence-corrected chi connectivity index (χ1v) is 7.65. The Kier molecular flexibility index (Phi) is 3.52. The van der Waals surface area contributed by atoms with E-state index in [-0.39, 0.29) is 0 Å². The van der Waals surface area contributed by atoms with Gasteiger partial charge < -0.3 is 9.64 Å². The van der Waals surface area contributed by atoms with Gasteiger partial charge in [0.2, 0.25) is 5.13 Å². The molecule has 3 unspecified atom stereocenters. The summed E-state index contributed by atoms with van der Waals surface area (Å²) in [5.41, 5.74) is 0. The molecule has 3 rings (SSSR count). The number of anilines is 1. The van der Waals surface area contributed by atoms with Crippen molar-refractivity contribution in [2.75, 3.05) is 18.6 Å². The van der Waals surface area contributed by atoms with Gasteiger partial charge in [0.1, 0.15) is 6.61 Å². The fourth-order valence-corrected chi connectivity index (χ4v) is 4.28. The number of methoxy groups -OCH3 is 1. The van der Waals surface area contributed by atoms with E-state index < -0.39 is 0 Å². The van der Waals surface area contributed by atoms with Gasteiger partial charge in [-0.1, -0.05) is 19.8 Å². The molecule has 0 aromatic carbocycles. The number of fused-ring (bicyclic) bond motifs is 1. The summed E-state index contributed by atoms with van der Waals surface area (Å²) in [6.07, 6.45) is 5.50. The second kappa shape index (κ2) is 5.13. The molecule has 1 aliphatic carbocycles. The third-order valence-electron chi connectivity index (χ3n) is 4.37. The maximum absolute atomic E-state index is 5.09. The average Bonchev–Trinajstić information content (AvgIpc) is 2.96. The molecule has 1 saturated heterocycles. The average molecular weight is 267 g/mol. The summed E-state index contributed by atoms with van der Waals surface area (Å²) in [4.78, 5) is 7.12. The van der Waals surface area contributed by atoms with E-state index in [9.17, 15) is 0 Å². The molecule has 0 N–H and O–H groups in total. The molecule has 0 spiro atoms. The van der Waals surface area contributed by atoms with Crippen molar-refractivity contribution < 1.29 is 4.74 Å². The summed E-state index contributed by atoms with van der Waals surface area (Å²) in [6, 6.07) is 0.706. The number of hydrogen-bond donors (Lipinski definition) is 0. The Morgan fingerprint density at radius 3 is 3.06 bits per heavy atom. The Bertz CT molecular complexity index is 409. The molecule has 2 heterocycles. The number of aromatic nitrogens is 2. The second-order valence-corrected chi connectivity index (χ2v) is 6.30. The predicted molar refractivity (Wildman–Crippen MR) is 72.9 cm³/mol. The van der Waals surface area contributed by atoms with Gasteiger partial charge in [-0.15, -0.1) is 0 Å². The van der Waals surface area contributed by atoms with Gasteiger partial charge in [-0.25, -0.2) is 4.98 Å². The molecule has 0 amide bonds. The van der Waals surface area contributed by atoms with Crippen molar-refractivity contribution in [3.05, 3.63) is 5.82 Å². The molecular weight excluding hydrogens is 246 g/mol. The number of rotatable bonds is 3.